The SMILES string of the molecule is OB(O)Oc1cccc2ccc3cc4ccccc4cc3c12.c1ccc(-c2ccccc2)cc1.c1ccc(Pc2ccccc2)cc1. The molecule has 0 spiro atoms. The Morgan fingerprint density at radius 3 is 1.38 bits per heavy atom. The second-order valence-electron chi connectivity index (χ2n) is 10.9. The van der Waals surface area contributed by atoms with Crippen molar-refractivity contribution in [3.8, 4) is 16.9 Å². The zero-order valence-corrected chi connectivity index (χ0v) is 26.8. The molecule has 47 heavy (non-hydrogen) atoms. The molecule has 3 nitrogen and oxygen atoms in total. The number of fused-ring (bicyclic) bond motifs is 4. The average Bonchev–Trinajstić information content (AvgIpc) is 3.13. The monoisotopic (exact) mass is 628 g/mol. The third-order valence-corrected chi connectivity index (χ3v) is 8.88. The van der Waals surface area contributed by atoms with E-state index >= 15 is 0 Å². The topological polar surface area (TPSA) is 49.7 Å². The lowest BCUT2D eigenvalue weighted by Gasteiger charge is -2.12. The van der Waals surface area contributed by atoms with E-state index in [-0.39, 0.29) is 0 Å². The lowest BCUT2D eigenvalue weighted by Crippen LogP contribution is -2.20. The minimum atomic E-state index is -1.83. The second kappa shape index (κ2) is 15.8. The summed E-state index contributed by atoms with van der Waals surface area (Å²) in [5.74, 6) is 0.466. The highest BCUT2D eigenvalue weighted by Gasteiger charge is 2.15. The molecule has 0 saturated heterocycles. The first-order chi connectivity index (χ1) is 23.1. The van der Waals surface area contributed by atoms with Gasteiger partial charge in [-0.1, -0.05) is 178 Å². The van der Waals surface area contributed by atoms with Crippen LogP contribution < -0.4 is 15.3 Å². The van der Waals surface area contributed by atoms with Crippen molar-refractivity contribution in [2.24, 2.45) is 0 Å². The number of hydrogen-bond donors (Lipinski definition) is 2. The summed E-state index contributed by atoms with van der Waals surface area (Å²) in [7, 11) is -1.06. The van der Waals surface area contributed by atoms with Crippen molar-refractivity contribution in [1.82, 2.24) is 0 Å². The van der Waals surface area contributed by atoms with Crippen LogP contribution in [-0.2, 0) is 0 Å². The van der Waals surface area contributed by atoms with Crippen molar-refractivity contribution >= 4 is 58.8 Å². The van der Waals surface area contributed by atoms with Crippen LogP contribution in [-0.4, -0.2) is 17.4 Å². The second-order valence-corrected chi connectivity index (χ2v) is 12.3. The zero-order valence-electron chi connectivity index (χ0n) is 25.8. The molecule has 0 bridgehead atoms. The summed E-state index contributed by atoms with van der Waals surface area (Å²) in [5.41, 5.74) is 2.55. The van der Waals surface area contributed by atoms with Gasteiger partial charge in [-0.15, -0.1) is 0 Å². The van der Waals surface area contributed by atoms with Gasteiger partial charge in [0.1, 0.15) is 5.75 Å². The third-order valence-electron chi connectivity index (χ3n) is 7.64. The molecule has 0 heterocycles. The molecule has 0 atom stereocenters. The Labute approximate surface area is 277 Å². The molecule has 0 aliphatic carbocycles. The molecule has 0 unspecified atom stereocenters. The van der Waals surface area contributed by atoms with Crippen molar-refractivity contribution in [2.45, 2.75) is 0 Å². The normalized spacial score (nSPS) is 10.4. The summed E-state index contributed by atoms with van der Waals surface area (Å²) in [6.07, 6.45) is 0. The first-order valence-electron chi connectivity index (χ1n) is 15.5. The van der Waals surface area contributed by atoms with Gasteiger partial charge < -0.3 is 14.7 Å². The molecule has 8 rings (SSSR count). The van der Waals surface area contributed by atoms with Crippen molar-refractivity contribution in [2.75, 3.05) is 0 Å². The molecule has 0 saturated carbocycles. The third kappa shape index (κ3) is 8.52. The highest BCUT2D eigenvalue weighted by molar-refractivity contribution is 7.55. The molecule has 0 aliphatic heterocycles. The molecule has 0 aromatic heterocycles. The van der Waals surface area contributed by atoms with Gasteiger partial charge in [-0.3, -0.25) is 0 Å². The standard InChI is InChI=1S/C18H13BO3.C12H11P.C12H10/c20-19(21)22-17-7-3-6-12-8-9-15-10-13-4-1-2-5-14(13)11-16(15)18(12)17;1-3-7-11(8-4-1)13-12-9-5-2-6-10-12;1-3-7-11(8-4-1)12-9-5-2-6-10-12/h1-11,20-21H;1-10,13H;1-10H. The lowest BCUT2D eigenvalue weighted by molar-refractivity contribution is 0.289. The highest BCUT2D eigenvalue weighted by atomic mass is 31.1. The van der Waals surface area contributed by atoms with Crippen LogP contribution in [0.2, 0.25) is 0 Å². The van der Waals surface area contributed by atoms with Crippen LogP contribution in [0.25, 0.3) is 43.4 Å². The van der Waals surface area contributed by atoms with Gasteiger partial charge in [0.05, 0.1) is 0 Å². The Morgan fingerprint density at radius 2 is 0.851 bits per heavy atom. The van der Waals surface area contributed by atoms with Crippen LogP contribution in [0, 0.1) is 0 Å². The fourth-order valence-corrected chi connectivity index (χ4v) is 6.50. The molecule has 0 aliphatic rings. The van der Waals surface area contributed by atoms with E-state index in [4.69, 9.17) is 14.7 Å². The molecule has 8 aromatic carbocycles. The summed E-state index contributed by atoms with van der Waals surface area (Å²) < 4.78 is 5.16. The first kappa shape index (κ1) is 31.7. The van der Waals surface area contributed by atoms with E-state index in [2.05, 4.69) is 140 Å². The van der Waals surface area contributed by atoms with Gasteiger partial charge in [0.2, 0.25) is 0 Å². The molecule has 8 aromatic rings. The molecule has 0 radical (unpaired) electrons. The smallest absolute Gasteiger partial charge is 0.511 e. The van der Waals surface area contributed by atoms with Crippen LogP contribution in [0.15, 0.2) is 188 Å². The molecular formula is C42H34BO3P. The van der Waals surface area contributed by atoms with Crippen molar-refractivity contribution in [1.29, 1.82) is 0 Å². The van der Waals surface area contributed by atoms with Crippen molar-refractivity contribution < 1.29 is 14.7 Å². The molecule has 5 heteroatoms. The zero-order chi connectivity index (χ0) is 32.3. The van der Waals surface area contributed by atoms with Crippen LogP contribution in [0.3, 0.4) is 0 Å². The van der Waals surface area contributed by atoms with Gasteiger partial charge in [0, 0.05) is 5.39 Å². The van der Waals surface area contributed by atoms with Crippen LogP contribution in [0.1, 0.15) is 0 Å². The Bertz CT molecular complexity index is 2080. The Kier molecular flexibility index (Phi) is 10.7. The van der Waals surface area contributed by atoms with Gasteiger partial charge >= 0.3 is 7.32 Å². The number of rotatable bonds is 5. The summed E-state index contributed by atoms with van der Waals surface area (Å²) in [6, 6.07) is 64.0. The van der Waals surface area contributed by atoms with Gasteiger partial charge in [0.15, 0.2) is 0 Å². The predicted octanol–water partition coefficient (Wildman–Crippen LogP) is 9.16. The van der Waals surface area contributed by atoms with Crippen LogP contribution >= 0.6 is 8.58 Å². The van der Waals surface area contributed by atoms with Crippen molar-refractivity contribution in [3.05, 3.63) is 188 Å². The molecular weight excluding hydrogens is 594 g/mol. The Balaban J connectivity index is 0.000000132. The molecule has 2 N–H and O–H groups in total. The fraction of sp³-hybridized carbons (Fsp3) is 0. The molecule has 0 amide bonds. The fourth-order valence-electron chi connectivity index (χ4n) is 5.45. The summed E-state index contributed by atoms with van der Waals surface area (Å²) >= 11 is 0. The Hall–Kier alpha value is -5.25. The predicted molar refractivity (Wildman–Crippen MR) is 202 cm³/mol. The molecule has 0 fully saturated rings. The van der Waals surface area contributed by atoms with E-state index < -0.39 is 7.32 Å². The van der Waals surface area contributed by atoms with E-state index in [0.717, 1.165) is 35.5 Å². The first-order valence-corrected chi connectivity index (χ1v) is 16.5. The summed E-state index contributed by atoms with van der Waals surface area (Å²) in [4.78, 5) is 0. The maximum absolute atomic E-state index is 9.14. The van der Waals surface area contributed by atoms with E-state index in [1.54, 1.807) is 6.07 Å². The largest absolute Gasteiger partial charge is 0.707 e. The van der Waals surface area contributed by atoms with Crippen molar-refractivity contribution in [3.63, 3.8) is 0 Å². The van der Waals surface area contributed by atoms with Crippen LogP contribution in [0.5, 0.6) is 5.75 Å². The minimum Gasteiger partial charge on any atom is -0.511 e. The van der Waals surface area contributed by atoms with E-state index in [9.17, 15) is 0 Å². The van der Waals surface area contributed by atoms with E-state index in [0.29, 0.717) is 5.75 Å². The maximum Gasteiger partial charge on any atom is 0.707 e. The number of benzene rings is 8. The Morgan fingerprint density at radius 1 is 0.404 bits per heavy atom. The maximum atomic E-state index is 9.14. The molecule has 228 valence electrons. The van der Waals surface area contributed by atoms with Gasteiger partial charge in [0.25, 0.3) is 0 Å². The minimum absolute atomic E-state index is 0.466. The summed E-state index contributed by atoms with van der Waals surface area (Å²) in [5, 5.41) is 27.4. The van der Waals surface area contributed by atoms with Gasteiger partial charge in [-0.05, 0) is 66.9 Å². The lowest BCUT2D eigenvalue weighted by atomic mass is 9.97. The quantitative estimate of drug-likeness (QED) is 0.0865. The van der Waals surface area contributed by atoms with Gasteiger partial charge in [-0.25, -0.2) is 0 Å². The number of hydrogen-bond acceptors (Lipinski definition) is 3. The average molecular weight is 629 g/mol. The van der Waals surface area contributed by atoms with Crippen LogP contribution in [0.4, 0.5) is 0 Å². The summed E-state index contributed by atoms with van der Waals surface area (Å²) in [6.45, 7) is 0. The van der Waals surface area contributed by atoms with E-state index in [1.807, 2.05) is 42.5 Å². The highest BCUT2D eigenvalue weighted by Crippen LogP contribution is 2.35. The van der Waals surface area contributed by atoms with E-state index in [1.165, 1.54) is 27.1 Å². The van der Waals surface area contributed by atoms with Gasteiger partial charge in [-0.2, -0.15) is 0 Å².